The van der Waals surface area contributed by atoms with Crippen LogP contribution in [0.25, 0.3) is 0 Å². The predicted octanol–water partition coefficient (Wildman–Crippen LogP) is 2.67. The average molecular weight is 247 g/mol. The molecule has 2 fully saturated rings. The molecule has 0 aromatic rings. The number of nitrogens with zero attached hydrogens (tertiary/aromatic N) is 1. The van der Waals surface area contributed by atoms with Crippen LogP contribution in [0.2, 0.25) is 0 Å². The van der Waals surface area contributed by atoms with Gasteiger partial charge in [0, 0.05) is 31.7 Å². The first kappa shape index (κ1) is 14.3. The number of nitrogens with one attached hydrogen (secondary N) is 1. The number of piperazine rings is 1. The lowest BCUT2D eigenvalue weighted by Crippen LogP contribution is -2.62. The minimum Gasteiger partial charge on any atom is -0.314 e. The summed E-state index contributed by atoms with van der Waals surface area (Å²) in [6.07, 6.45) is 7.18. The molecule has 96 valence electrons. The Labute approximate surface area is 107 Å². The second kappa shape index (κ2) is 6.23. The summed E-state index contributed by atoms with van der Waals surface area (Å²) in [6, 6.07) is 0. The monoisotopic (exact) mass is 246 g/mol. The van der Waals surface area contributed by atoms with Gasteiger partial charge in [-0.05, 0) is 18.8 Å². The molecule has 1 heterocycles. The van der Waals surface area contributed by atoms with Crippen molar-refractivity contribution < 1.29 is 0 Å². The molecule has 0 atom stereocenters. The largest absolute Gasteiger partial charge is 0.314 e. The Morgan fingerprint density at radius 2 is 1.88 bits per heavy atom. The van der Waals surface area contributed by atoms with Crippen LogP contribution in [-0.2, 0) is 0 Å². The molecular weight excluding hydrogens is 220 g/mol. The summed E-state index contributed by atoms with van der Waals surface area (Å²) in [5.41, 5.74) is 0.529. The van der Waals surface area contributed by atoms with Gasteiger partial charge in [-0.3, -0.25) is 4.90 Å². The topological polar surface area (TPSA) is 15.3 Å². The molecule has 0 radical (unpaired) electrons. The first-order valence-corrected chi connectivity index (χ1v) is 6.69. The molecule has 2 aliphatic rings. The van der Waals surface area contributed by atoms with E-state index in [-0.39, 0.29) is 12.4 Å². The molecule has 1 saturated heterocycles. The van der Waals surface area contributed by atoms with Crippen molar-refractivity contribution in [2.24, 2.45) is 5.92 Å². The van der Waals surface area contributed by atoms with Gasteiger partial charge in [-0.1, -0.05) is 33.1 Å². The summed E-state index contributed by atoms with van der Waals surface area (Å²) >= 11 is 0. The highest BCUT2D eigenvalue weighted by atomic mass is 35.5. The molecule has 0 aromatic carbocycles. The van der Waals surface area contributed by atoms with Gasteiger partial charge in [0.05, 0.1) is 0 Å². The molecular formula is C13H27ClN2. The molecule has 1 N–H and O–H groups in total. The highest BCUT2D eigenvalue weighted by molar-refractivity contribution is 5.85. The van der Waals surface area contributed by atoms with Crippen molar-refractivity contribution >= 4 is 12.4 Å². The van der Waals surface area contributed by atoms with Crippen LogP contribution in [0, 0.1) is 5.92 Å². The standard InChI is InChI=1S/C13H26N2.ClH/c1-12(2)10-15-9-8-14-11-13(15)6-4-3-5-7-13;/h12,14H,3-11H2,1-2H3;1H. The van der Waals surface area contributed by atoms with Crippen LogP contribution >= 0.6 is 12.4 Å². The van der Waals surface area contributed by atoms with Crippen LogP contribution in [-0.4, -0.2) is 36.6 Å². The number of rotatable bonds is 2. The van der Waals surface area contributed by atoms with E-state index in [1.165, 1.54) is 58.3 Å². The lowest BCUT2D eigenvalue weighted by atomic mass is 9.78. The van der Waals surface area contributed by atoms with Crippen molar-refractivity contribution in [2.75, 3.05) is 26.2 Å². The Balaban J connectivity index is 0.00000128. The van der Waals surface area contributed by atoms with Crippen molar-refractivity contribution in [3.63, 3.8) is 0 Å². The van der Waals surface area contributed by atoms with Crippen LogP contribution in [0.4, 0.5) is 0 Å². The third-order valence-corrected chi connectivity index (χ3v) is 4.05. The molecule has 2 rings (SSSR count). The minimum absolute atomic E-state index is 0. The fourth-order valence-corrected chi connectivity index (χ4v) is 3.31. The van der Waals surface area contributed by atoms with Gasteiger partial charge in [-0.25, -0.2) is 0 Å². The summed E-state index contributed by atoms with van der Waals surface area (Å²) in [5.74, 6) is 0.807. The van der Waals surface area contributed by atoms with E-state index in [0.29, 0.717) is 5.54 Å². The zero-order valence-electron chi connectivity index (χ0n) is 10.8. The van der Waals surface area contributed by atoms with Crippen molar-refractivity contribution in [1.82, 2.24) is 10.2 Å². The Bertz CT molecular complexity index is 192. The minimum atomic E-state index is 0. The van der Waals surface area contributed by atoms with E-state index in [1.807, 2.05) is 0 Å². The summed E-state index contributed by atoms with van der Waals surface area (Å²) < 4.78 is 0. The molecule has 0 bridgehead atoms. The summed E-state index contributed by atoms with van der Waals surface area (Å²) in [4.78, 5) is 2.79. The Morgan fingerprint density at radius 3 is 2.50 bits per heavy atom. The van der Waals surface area contributed by atoms with E-state index >= 15 is 0 Å². The van der Waals surface area contributed by atoms with Crippen LogP contribution in [0.3, 0.4) is 0 Å². The van der Waals surface area contributed by atoms with Gasteiger partial charge in [0.25, 0.3) is 0 Å². The zero-order valence-corrected chi connectivity index (χ0v) is 11.6. The number of hydrogen-bond donors (Lipinski definition) is 1. The predicted molar refractivity (Wildman–Crippen MR) is 72.3 cm³/mol. The number of hydrogen-bond acceptors (Lipinski definition) is 2. The van der Waals surface area contributed by atoms with E-state index in [2.05, 4.69) is 24.1 Å². The Kier molecular flexibility index (Phi) is 5.55. The van der Waals surface area contributed by atoms with Gasteiger partial charge in [-0.2, -0.15) is 0 Å². The van der Waals surface area contributed by atoms with Gasteiger partial charge < -0.3 is 5.32 Å². The molecule has 1 saturated carbocycles. The molecule has 0 unspecified atom stereocenters. The summed E-state index contributed by atoms with van der Waals surface area (Å²) in [5, 5.41) is 3.61. The highest BCUT2D eigenvalue weighted by Crippen LogP contribution is 2.34. The third-order valence-electron chi connectivity index (χ3n) is 4.05. The Hall–Kier alpha value is 0.210. The first-order valence-electron chi connectivity index (χ1n) is 6.69. The van der Waals surface area contributed by atoms with Crippen LogP contribution in [0.1, 0.15) is 46.0 Å². The van der Waals surface area contributed by atoms with E-state index in [4.69, 9.17) is 0 Å². The summed E-state index contributed by atoms with van der Waals surface area (Å²) in [7, 11) is 0. The lowest BCUT2D eigenvalue weighted by Gasteiger charge is -2.50. The van der Waals surface area contributed by atoms with E-state index in [1.54, 1.807) is 0 Å². The fourth-order valence-electron chi connectivity index (χ4n) is 3.31. The third kappa shape index (κ3) is 3.12. The van der Waals surface area contributed by atoms with Gasteiger partial charge in [0.2, 0.25) is 0 Å². The smallest absolute Gasteiger partial charge is 0.0334 e. The zero-order chi connectivity index (χ0) is 10.7. The fraction of sp³-hybridized carbons (Fsp3) is 1.00. The quantitative estimate of drug-likeness (QED) is 0.806. The Morgan fingerprint density at radius 1 is 1.19 bits per heavy atom. The van der Waals surface area contributed by atoms with Crippen molar-refractivity contribution in [3.8, 4) is 0 Å². The SMILES string of the molecule is CC(C)CN1CCNCC12CCCCC2.Cl. The van der Waals surface area contributed by atoms with Crippen LogP contribution in [0.5, 0.6) is 0 Å². The van der Waals surface area contributed by atoms with Crippen molar-refractivity contribution in [1.29, 1.82) is 0 Å². The van der Waals surface area contributed by atoms with Gasteiger partial charge in [0.15, 0.2) is 0 Å². The van der Waals surface area contributed by atoms with E-state index in [0.717, 1.165) is 5.92 Å². The first-order chi connectivity index (χ1) is 7.23. The van der Waals surface area contributed by atoms with E-state index < -0.39 is 0 Å². The van der Waals surface area contributed by atoms with Gasteiger partial charge in [0.1, 0.15) is 0 Å². The summed E-state index contributed by atoms with van der Waals surface area (Å²) in [6.45, 7) is 9.67. The van der Waals surface area contributed by atoms with Crippen LogP contribution in [0.15, 0.2) is 0 Å². The lowest BCUT2D eigenvalue weighted by molar-refractivity contribution is 0.0189. The maximum Gasteiger partial charge on any atom is 0.0334 e. The molecule has 0 aromatic heterocycles. The maximum absolute atomic E-state index is 3.61. The average Bonchev–Trinajstić information content (AvgIpc) is 2.23. The number of halogens is 1. The molecule has 2 nitrogen and oxygen atoms in total. The maximum atomic E-state index is 3.61. The molecule has 0 amide bonds. The molecule has 1 aliphatic heterocycles. The molecule has 16 heavy (non-hydrogen) atoms. The second-order valence-electron chi connectivity index (χ2n) is 5.80. The van der Waals surface area contributed by atoms with Gasteiger partial charge >= 0.3 is 0 Å². The van der Waals surface area contributed by atoms with Crippen molar-refractivity contribution in [3.05, 3.63) is 0 Å². The normalized spacial score (nSPS) is 25.7. The molecule has 3 heteroatoms. The second-order valence-corrected chi connectivity index (χ2v) is 5.80. The highest BCUT2D eigenvalue weighted by Gasteiger charge is 2.39. The van der Waals surface area contributed by atoms with Crippen LogP contribution < -0.4 is 5.32 Å². The molecule has 1 aliphatic carbocycles. The molecule has 1 spiro atoms. The van der Waals surface area contributed by atoms with E-state index in [9.17, 15) is 0 Å². The van der Waals surface area contributed by atoms with Crippen molar-refractivity contribution in [2.45, 2.75) is 51.5 Å². The van der Waals surface area contributed by atoms with Gasteiger partial charge in [-0.15, -0.1) is 12.4 Å².